The predicted molar refractivity (Wildman–Crippen MR) is 57.7 cm³/mol. The molecule has 0 radical (unpaired) electrons. The molecule has 0 unspecified atom stereocenters. The molecule has 0 N–H and O–H groups in total. The molecule has 0 fully saturated rings. The SMILES string of the molecule is CC(C)n1c(Br)cnc1CN(C)C. The van der Waals surface area contributed by atoms with Gasteiger partial charge >= 0.3 is 0 Å². The molecule has 1 aromatic rings. The molecule has 13 heavy (non-hydrogen) atoms. The summed E-state index contributed by atoms with van der Waals surface area (Å²) in [5.41, 5.74) is 0. The minimum absolute atomic E-state index is 0.451. The van der Waals surface area contributed by atoms with Crippen molar-refractivity contribution in [3.63, 3.8) is 0 Å². The summed E-state index contributed by atoms with van der Waals surface area (Å²) in [6, 6.07) is 0.451. The van der Waals surface area contributed by atoms with Crippen LogP contribution >= 0.6 is 15.9 Å². The molecule has 3 nitrogen and oxygen atoms in total. The van der Waals surface area contributed by atoms with Crippen molar-refractivity contribution in [2.45, 2.75) is 26.4 Å². The van der Waals surface area contributed by atoms with E-state index in [2.05, 4.69) is 44.2 Å². The standard InChI is InChI=1S/C9H16BrN3/c1-7(2)13-8(10)5-11-9(13)6-12(3)4/h5,7H,6H2,1-4H3. The summed E-state index contributed by atoms with van der Waals surface area (Å²) in [5.74, 6) is 1.10. The average molecular weight is 246 g/mol. The topological polar surface area (TPSA) is 21.1 Å². The molecule has 1 heterocycles. The Kier molecular flexibility index (Phi) is 3.50. The van der Waals surface area contributed by atoms with Crippen LogP contribution < -0.4 is 0 Å². The van der Waals surface area contributed by atoms with Crippen molar-refractivity contribution in [2.75, 3.05) is 14.1 Å². The second-order valence-electron chi connectivity index (χ2n) is 3.70. The van der Waals surface area contributed by atoms with E-state index in [-0.39, 0.29) is 0 Å². The molecule has 0 aliphatic rings. The Balaban J connectivity index is 2.94. The molecule has 0 aliphatic heterocycles. The van der Waals surface area contributed by atoms with Crippen LogP contribution in [0.4, 0.5) is 0 Å². The van der Waals surface area contributed by atoms with Crippen molar-refractivity contribution >= 4 is 15.9 Å². The van der Waals surface area contributed by atoms with E-state index in [9.17, 15) is 0 Å². The molecule has 0 amide bonds. The van der Waals surface area contributed by atoms with Crippen molar-refractivity contribution in [3.8, 4) is 0 Å². The molecular weight excluding hydrogens is 230 g/mol. The van der Waals surface area contributed by atoms with Gasteiger partial charge in [0.15, 0.2) is 0 Å². The maximum Gasteiger partial charge on any atom is 0.123 e. The lowest BCUT2D eigenvalue weighted by molar-refractivity contribution is 0.374. The highest BCUT2D eigenvalue weighted by atomic mass is 79.9. The van der Waals surface area contributed by atoms with Gasteiger partial charge < -0.3 is 9.47 Å². The van der Waals surface area contributed by atoms with Crippen molar-refractivity contribution in [1.29, 1.82) is 0 Å². The number of aromatic nitrogens is 2. The van der Waals surface area contributed by atoms with Gasteiger partial charge in [0, 0.05) is 6.04 Å². The number of halogens is 1. The smallest absolute Gasteiger partial charge is 0.123 e. The molecule has 0 saturated carbocycles. The maximum absolute atomic E-state index is 4.35. The van der Waals surface area contributed by atoms with Gasteiger partial charge in [-0.25, -0.2) is 4.98 Å². The Morgan fingerprint density at radius 1 is 1.54 bits per heavy atom. The minimum atomic E-state index is 0.451. The second kappa shape index (κ2) is 4.24. The van der Waals surface area contributed by atoms with Crippen LogP contribution in [0.2, 0.25) is 0 Å². The third-order valence-corrected chi connectivity index (χ3v) is 2.39. The third kappa shape index (κ3) is 2.54. The Morgan fingerprint density at radius 2 is 2.15 bits per heavy atom. The summed E-state index contributed by atoms with van der Waals surface area (Å²) in [5, 5.41) is 0. The van der Waals surface area contributed by atoms with E-state index in [4.69, 9.17) is 0 Å². The molecular formula is C9H16BrN3. The van der Waals surface area contributed by atoms with Crippen molar-refractivity contribution in [1.82, 2.24) is 14.5 Å². The zero-order valence-corrected chi connectivity index (χ0v) is 10.2. The zero-order chi connectivity index (χ0) is 10.0. The van der Waals surface area contributed by atoms with Crippen LogP contribution in [0.3, 0.4) is 0 Å². The molecule has 74 valence electrons. The van der Waals surface area contributed by atoms with E-state index < -0.39 is 0 Å². The van der Waals surface area contributed by atoms with Gasteiger partial charge in [-0.1, -0.05) is 0 Å². The highest BCUT2D eigenvalue weighted by Crippen LogP contribution is 2.19. The van der Waals surface area contributed by atoms with Crippen molar-refractivity contribution in [3.05, 3.63) is 16.6 Å². The number of hydrogen-bond acceptors (Lipinski definition) is 2. The highest BCUT2D eigenvalue weighted by molar-refractivity contribution is 9.10. The molecule has 0 spiro atoms. The second-order valence-corrected chi connectivity index (χ2v) is 4.51. The van der Waals surface area contributed by atoms with E-state index in [1.54, 1.807) is 0 Å². The van der Waals surface area contributed by atoms with Gasteiger partial charge in [-0.2, -0.15) is 0 Å². The molecule has 0 aliphatic carbocycles. The number of hydrogen-bond donors (Lipinski definition) is 0. The molecule has 0 aromatic carbocycles. The third-order valence-electron chi connectivity index (χ3n) is 1.80. The first kappa shape index (κ1) is 10.7. The summed E-state index contributed by atoms with van der Waals surface area (Å²) in [6.07, 6.45) is 1.86. The molecule has 0 saturated heterocycles. The van der Waals surface area contributed by atoms with Gasteiger partial charge in [-0.3, -0.25) is 0 Å². The van der Waals surface area contributed by atoms with Crippen molar-refractivity contribution < 1.29 is 0 Å². The molecule has 4 heteroatoms. The lowest BCUT2D eigenvalue weighted by Gasteiger charge is -2.15. The van der Waals surface area contributed by atoms with E-state index in [0.717, 1.165) is 17.0 Å². The summed E-state index contributed by atoms with van der Waals surface area (Å²) in [6.45, 7) is 5.20. The van der Waals surface area contributed by atoms with Crippen LogP contribution in [-0.2, 0) is 6.54 Å². The minimum Gasteiger partial charge on any atom is -0.319 e. The lowest BCUT2D eigenvalue weighted by Crippen LogP contribution is -2.16. The van der Waals surface area contributed by atoms with E-state index in [0.29, 0.717) is 6.04 Å². The fourth-order valence-electron chi connectivity index (χ4n) is 1.32. The monoisotopic (exact) mass is 245 g/mol. The molecule has 1 aromatic heterocycles. The summed E-state index contributed by atoms with van der Waals surface area (Å²) in [7, 11) is 4.10. The van der Waals surface area contributed by atoms with Gasteiger partial charge in [-0.15, -0.1) is 0 Å². The first-order valence-electron chi connectivity index (χ1n) is 4.38. The maximum atomic E-state index is 4.35. The van der Waals surface area contributed by atoms with Gasteiger partial charge in [0.25, 0.3) is 0 Å². The number of imidazole rings is 1. The largest absolute Gasteiger partial charge is 0.319 e. The number of nitrogens with zero attached hydrogens (tertiary/aromatic N) is 3. The highest BCUT2D eigenvalue weighted by Gasteiger charge is 2.10. The first-order valence-corrected chi connectivity index (χ1v) is 5.18. The Bertz CT molecular complexity index is 278. The van der Waals surface area contributed by atoms with E-state index in [1.165, 1.54) is 0 Å². The Labute approximate surface area is 87.9 Å². The predicted octanol–water partition coefficient (Wildman–Crippen LogP) is 2.29. The first-order chi connectivity index (χ1) is 6.02. The van der Waals surface area contributed by atoms with Crippen LogP contribution in [0.15, 0.2) is 10.8 Å². The van der Waals surface area contributed by atoms with Gasteiger partial charge in [0.1, 0.15) is 10.4 Å². The van der Waals surface area contributed by atoms with Crippen molar-refractivity contribution in [2.24, 2.45) is 0 Å². The van der Waals surface area contributed by atoms with Gasteiger partial charge in [0.05, 0.1) is 12.7 Å². The quantitative estimate of drug-likeness (QED) is 0.815. The number of rotatable bonds is 3. The summed E-state index contributed by atoms with van der Waals surface area (Å²) < 4.78 is 3.25. The summed E-state index contributed by atoms with van der Waals surface area (Å²) in [4.78, 5) is 6.47. The Hall–Kier alpha value is -0.350. The van der Waals surface area contributed by atoms with Crippen LogP contribution in [0, 0.1) is 0 Å². The van der Waals surface area contributed by atoms with Crippen LogP contribution in [-0.4, -0.2) is 28.5 Å². The fraction of sp³-hybridized carbons (Fsp3) is 0.667. The van der Waals surface area contributed by atoms with E-state index >= 15 is 0 Å². The zero-order valence-electron chi connectivity index (χ0n) is 8.58. The molecule has 0 atom stereocenters. The fourth-order valence-corrected chi connectivity index (χ4v) is 2.04. The van der Waals surface area contributed by atoms with Crippen LogP contribution in [0.1, 0.15) is 25.7 Å². The Morgan fingerprint density at radius 3 is 2.62 bits per heavy atom. The summed E-state index contributed by atoms with van der Waals surface area (Å²) >= 11 is 3.49. The van der Waals surface area contributed by atoms with E-state index in [1.807, 2.05) is 20.3 Å². The molecule has 0 bridgehead atoms. The normalized spacial score (nSPS) is 11.6. The van der Waals surface area contributed by atoms with Gasteiger partial charge in [-0.05, 0) is 43.9 Å². The van der Waals surface area contributed by atoms with Crippen LogP contribution in [0.5, 0.6) is 0 Å². The van der Waals surface area contributed by atoms with Crippen LogP contribution in [0.25, 0.3) is 0 Å². The molecule has 1 rings (SSSR count). The van der Waals surface area contributed by atoms with Gasteiger partial charge in [0.2, 0.25) is 0 Å². The lowest BCUT2D eigenvalue weighted by atomic mass is 10.4. The average Bonchev–Trinajstić information content (AvgIpc) is 2.30.